The minimum atomic E-state index is 0.972. The third-order valence-electron chi connectivity index (χ3n) is 1.83. The second kappa shape index (κ2) is 3.62. The van der Waals surface area contributed by atoms with Crippen LogP contribution in [0.5, 0.6) is 0 Å². The van der Waals surface area contributed by atoms with Gasteiger partial charge in [0.15, 0.2) is 0 Å². The Balaban J connectivity index is 2.42. The van der Waals surface area contributed by atoms with E-state index in [2.05, 4.69) is 17.6 Å². The molecule has 13 heavy (non-hydrogen) atoms. The van der Waals surface area contributed by atoms with E-state index in [-0.39, 0.29) is 0 Å². The predicted octanol–water partition coefficient (Wildman–Crippen LogP) is 3.04. The van der Waals surface area contributed by atoms with Gasteiger partial charge in [-0.15, -0.1) is 12.6 Å². The Morgan fingerprint density at radius 2 is 1.69 bits per heavy atom. The van der Waals surface area contributed by atoms with E-state index in [1.807, 2.05) is 42.5 Å². The molecule has 1 aromatic heterocycles. The van der Waals surface area contributed by atoms with Crippen molar-refractivity contribution in [1.29, 1.82) is 0 Å². The Bertz CT molecular complexity index is 381. The van der Waals surface area contributed by atoms with Gasteiger partial charge in [0, 0.05) is 16.7 Å². The molecule has 0 fully saturated rings. The number of thiol groups is 1. The summed E-state index contributed by atoms with van der Waals surface area (Å²) in [5, 5.41) is 0. The molecule has 0 saturated carbocycles. The first kappa shape index (κ1) is 8.32. The Labute approximate surface area is 82.9 Å². The zero-order chi connectivity index (χ0) is 9.10. The summed E-state index contributed by atoms with van der Waals surface area (Å²) in [4.78, 5) is 5.23. The van der Waals surface area contributed by atoms with Crippen LogP contribution in [0.4, 0.5) is 0 Å². The minimum Gasteiger partial charge on any atom is -0.256 e. The largest absolute Gasteiger partial charge is 0.256 e. The van der Waals surface area contributed by atoms with Gasteiger partial charge in [-0.25, -0.2) is 0 Å². The zero-order valence-corrected chi connectivity index (χ0v) is 7.91. The molecule has 64 valence electrons. The van der Waals surface area contributed by atoms with Crippen molar-refractivity contribution in [2.24, 2.45) is 0 Å². The van der Waals surface area contributed by atoms with E-state index in [1.165, 1.54) is 0 Å². The molecule has 0 aliphatic carbocycles. The number of rotatable bonds is 1. The summed E-state index contributed by atoms with van der Waals surface area (Å²) in [7, 11) is 0. The first-order valence-corrected chi connectivity index (χ1v) is 4.51. The van der Waals surface area contributed by atoms with E-state index in [9.17, 15) is 0 Å². The van der Waals surface area contributed by atoms with Crippen LogP contribution in [0.2, 0.25) is 0 Å². The molecular weight excluding hydrogens is 178 g/mol. The molecule has 1 nitrogen and oxygen atoms in total. The maximum atomic E-state index is 4.25. The van der Waals surface area contributed by atoms with Crippen molar-refractivity contribution in [3.05, 3.63) is 48.7 Å². The lowest BCUT2D eigenvalue weighted by atomic mass is 10.1. The lowest BCUT2D eigenvalue weighted by molar-refractivity contribution is 1.32. The molecule has 1 aromatic carbocycles. The highest BCUT2D eigenvalue weighted by Crippen LogP contribution is 2.17. The molecule has 0 atom stereocenters. The lowest BCUT2D eigenvalue weighted by Crippen LogP contribution is -1.80. The lowest BCUT2D eigenvalue weighted by Gasteiger charge is -1.99. The summed E-state index contributed by atoms with van der Waals surface area (Å²) in [5.41, 5.74) is 2.12. The quantitative estimate of drug-likeness (QED) is 0.677. The molecule has 1 heterocycles. The third kappa shape index (κ3) is 1.90. The highest BCUT2D eigenvalue weighted by atomic mass is 32.1. The molecule has 0 spiro atoms. The van der Waals surface area contributed by atoms with Crippen LogP contribution in [0.15, 0.2) is 53.6 Å². The van der Waals surface area contributed by atoms with Crippen LogP contribution >= 0.6 is 12.6 Å². The summed E-state index contributed by atoms with van der Waals surface area (Å²) >= 11 is 4.22. The first-order valence-electron chi connectivity index (χ1n) is 4.07. The average Bonchev–Trinajstić information content (AvgIpc) is 2.20. The van der Waals surface area contributed by atoms with E-state index in [0.29, 0.717) is 0 Å². The molecule has 0 radical (unpaired) electrons. The maximum Gasteiger partial charge on any atom is 0.0701 e. The predicted molar refractivity (Wildman–Crippen MR) is 56.9 cm³/mol. The number of aromatic nitrogens is 1. The Morgan fingerprint density at radius 1 is 0.923 bits per heavy atom. The Kier molecular flexibility index (Phi) is 2.32. The normalized spacial score (nSPS) is 9.92. The van der Waals surface area contributed by atoms with Crippen molar-refractivity contribution in [2.75, 3.05) is 0 Å². The Hall–Kier alpha value is -1.28. The number of benzene rings is 1. The summed E-state index contributed by atoms with van der Waals surface area (Å²) in [5.74, 6) is 0. The fourth-order valence-corrected chi connectivity index (χ4v) is 1.31. The van der Waals surface area contributed by atoms with E-state index < -0.39 is 0 Å². The monoisotopic (exact) mass is 187 g/mol. The summed E-state index contributed by atoms with van der Waals surface area (Å²) in [6.45, 7) is 0. The fraction of sp³-hybridized carbons (Fsp3) is 0. The molecule has 0 unspecified atom stereocenters. The summed E-state index contributed by atoms with van der Waals surface area (Å²) in [6, 6.07) is 13.9. The number of hydrogen-bond acceptors (Lipinski definition) is 2. The van der Waals surface area contributed by atoms with Gasteiger partial charge >= 0.3 is 0 Å². The second-order valence-corrected chi connectivity index (χ2v) is 3.28. The van der Waals surface area contributed by atoms with Crippen molar-refractivity contribution >= 4 is 12.6 Å². The SMILES string of the molecule is Sc1ccc(-c2ccccn2)cc1. The maximum absolute atomic E-state index is 4.25. The van der Waals surface area contributed by atoms with Gasteiger partial charge in [0.25, 0.3) is 0 Å². The number of pyridine rings is 1. The average molecular weight is 187 g/mol. The van der Waals surface area contributed by atoms with Crippen molar-refractivity contribution < 1.29 is 0 Å². The molecule has 0 saturated heterocycles. The first-order chi connectivity index (χ1) is 6.36. The van der Waals surface area contributed by atoms with Crippen LogP contribution in [-0.2, 0) is 0 Å². The van der Waals surface area contributed by atoms with Crippen molar-refractivity contribution in [2.45, 2.75) is 4.90 Å². The van der Waals surface area contributed by atoms with E-state index in [0.717, 1.165) is 16.2 Å². The van der Waals surface area contributed by atoms with Crippen LogP contribution in [0, 0.1) is 0 Å². The zero-order valence-electron chi connectivity index (χ0n) is 7.01. The minimum absolute atomic E-state index is 0.972. The topological polar surface area (TPSA) is 12.9 Å². The highest BCUT2D eigenvalue weighted by Gasteiger charge is 1.95. The molecule has 0 bridgehead atoms. The molecule has 2 heteroatoms. The van der Waals surface area contributed by atoms with Crippen LogP contribution in [0.1, 0.15) is 0 Å². The number of hydrogen-bond donors (Lipinski definition) is 1. The van der Waals surface area contributed by atoms with Gasteiger partial charge in [-0.3, -0.25) is 4.98 Å². The van der Waals surface area contributed by atoms with Crippen molar-refractivity contribution in [3.63, 3.8) is 0 Å². The standard InChI is InChI=1S/C11H9NS/c13-10-6-4-9(5-7-10)11-3-1-2-8-12-11/h1-8,13H. The van der Waals surface area contributed by atoms with Crippen molar-refractivity contribution in [3.8, 4) is 11.3 Å². The third-order valence-corrected chi connectivity index (χ3v) is 2.13. The van der Waals surface area contributed by atoms with E-state index >= 15 is 0 Å². The van der Waals surface area contributed by atoms with Crippen LogP contribution in [-0.4, -0.2) is 4.98 Å². The van der Waals surface area contributed by atoms with Crippen LogP contribution in [0.3, 0.4) is 0 Å². The molecule has 0 N–H and O–H groups in total. The van der Waals surface area contributed by atoms with Gasteiger partial charge in [0.2, 0.25) is 0 Å². The van der Waals surface area contributed by atoms with Gasteiger partial charge < -0.3 is 0 Å². The van der Waals surface area contributed by atoms with Gasteiger partial charge in [-0.05, 0) is 24.3 Å². The van der Waals surface area contributed by atoms with Gasteiger partial charge in [-0.1, -0.05) is 18.2 Å². The second-order valence-electron chi connectivity index (χ2n) is 2.76. The van der Waals surface area contributed by atoms with Crippen LogP contribution < -0.4 is 0 Å². The molecule has 0 aliphatic heterocycles. The van der Waals surface area contributed by atoms with Crippen molar-refractivity contribution in [1.82, 2.24) is 4.98 Å². The number of nitrogens with zero attached hydrogens (tertiary/aromatic N) is 1. The van der Waals surface area contributed by atoms with Gasteiger partial charge in [0.1, 0.15) is 0 Å². The molecule has 0 amide bonds. The molecular formula is C11H9NS. The van der Waals surface area contributed by atoms with Crippen LogP contribution in [0.25, 0.3) is 11.3 Å². The molecule has 2 aromatic rings. The van der Waals surface area contributed by atoms with Gasteiger partial charge in [0.05, 0.1) is 5.69 Å². The van der Waals surface area contributed by atoms with E-state index in [1.54, 1.807) is 6.20 Å². The fourth-order valence-electron chi connectivity index (χ4n) is 1.17. The smallest absolute Gasteiger partial charge is 0.0701 e. The molecule has 0 aliphatic rings. The van der Waals surface area contributed by atoms with Gasteiger partial charge in [-0.2, -0.15) is 0 Å². The summed E-state index contributed by atoms with van der Waals surface area (Å²) < 4.78 is 0. The molecule has 2 rings (SSSR count). The Morgan fingerprint density at radius 3 is 2.31 bits per heavy atom. The summed E-state index contributed by atoms with van der Waals surface area (Å²) in [6.07, 6.45) is 1.80. The van der Waals surface area contributed by atoms with E-state index in [4.69, 9.17) is 0 Å². The highest BCUT2D eigenvalue weighted by molar-refractivity contribution is 7.80.